The molecule has 1 spiro atoms. The van der Waals surface area contributed by atoms with Crippen LogP contribution in [0.4, 0.5) is 13.2 Å². The van der Waals surface area contributed by atoms with Crippen molar-refractivity contribution in [3.05, 3.63) is 81.3 Å². The molecule has 2 aliphatic heterocycles. The number of hydrogen-bond donors (Lipinski definition) is 2. The number of hydrogen-bond acceptors (Lipinski definition) is 9. The number of alkyl halides is 3. The van der Waals surface area contributed by atoms with Crippen molar-refractivity contribution in [1.29, 1.82) is 0 Å². The lowest BCUT2D eigenvalue weighted by atomic mass is 9.87. The fourth-order valence-electron chi connectivity index (χ4n) is 5.28. The van der Waals surface area contributed by atoms with Crippen molar-refractivity contribution < 1.29 is 56.7 Å². The summed E-state index contributed by atoms with van der Waals surface area (Å²) in [7, 11) is 2.89. The quantitative estimate of drug-likeness (QED) is 0.234. The van der Waals surface area contributed by atoms with Gasteiger partial charge < -0.3 is 38.8 Å². The number of nitrogens with zero attached hydrogens (tertiary/aromatic N) is 1. The first-order chi connectivity index (χ1) is 22.7. The average molecular weight is 717 g/mol. The van der Waals surface area contributed by atoms with Crippen molar-refractivity contribution in [2.75, 3.05) is 40.5 Å². The van der Waals surface area contributed by atoms with E-state index in [4.69, 9.17) is 56.8 Å². The molecule has 10 nitrogen and oxygen atoms in total. The number of aliphatic hydroxyl groups excluding tert-OH is 1. The van der Waals surface area contributed by atoms with Crippen molar-refractivity contribution in [2.24, 2.45) is 0 Å². The number of halogens is 5. The highest BCUT2D eigenvalue weighted by Crippen LogP contribution is 2.42. The number of aliphatic hydroxyl groups is 1. The van der Waals surface area contributed by atoms with Gasteiger partial charge in [0.1, 0.15) is 53.5 Å². The van der Waals surface area contributed by atoms with Crippen molar-refractivity contribution in [2.45, 2.75) is 43.8 Å². The number of carboxylic acids is 1. The van der Waals surface area contributed by atoms with Crippen LogP contribution in [0.3, 0.4) is 0 Å². The highest BCUT2D eigenvalue weighted by molar-refractivity contribution is 6.32. The van der Waals surface area contributed by atoms with Gasteiger partial charge in [-0.1, -0.05) is 35.3 Å². The molecule has 2 N–H and O–H groups in total. The smallest absolute Gasteiger partial charge is 0.490 e. The van der Waals surface area contributed by atoms with Gasteiger partial charge >= 0.3 is 18.1 Å². The van der Waals surface area contributed by atoms with Gasteiger partial charge in [-0.3, -0.25) is 0 Å². The molecule has 5 rings (SSSR count). The van der Waals surface area contributed by atoms with E-state index in [1.54, 1.807) is 13.2 Å². The predicted molar refractivity (Wildman–Crippen MR) is 169 cm³/mol. The zero-order valence-corrected chi connectivity index (χ0v) is 27.5. The Balaban J connectivity index is 0.000000671. The average Bonchev–Trinajstić information content (AvgIpc) is 3.41. The Morgan fingerprint density at radius 1 is 1.00 bits per heavy atom. The zero-order chi connectivity index (χ0) is 35.1. The molecule has 0 radical (unpaired) electrons. The van der Waals surface area contributed by atoms with Gasteiger partial charge in [0, 0.05) is 50.0 Å². The minimum atomic E-state index is -5.08. The molecule has 48 heavy (non-hydrogen) atoms. The number of carbonyl (C=O) groups excluding carboxylic acids is 1. The molecule has 1 fully saturated rings. The number of rotatable bonds is 10. The van der Waals surface area contributed by atoms with E-state index in [-0.39, 0.29) is 35.2 Å². The lowest BCUT2D eigenvalue weighted by Crippen LogP contribution is -2.49. The van der Waals surface area contributed by atoms with Gasteiger partial charge in [0.25, 0.3) is 0 Å². The normalized spacial score (nSPS) is 15.8. The second kappa shape index (κ2) is 16.0. The maximum atomic E-state index is 12.4. The summed E-state index contributed by atoms with van der Waals surface area (Å²) in [5.74, 6) is -1.13. The Morgan fingerprint density at radius 2 is 1.67 bits per heavy atom. The summed E-state index contributed by atoms with van der Waals surface area (Å²) >= 11 is 12.6. The van der Waals surface area contributed by atoms with E-state index in [9.17, 15) is 23.1 Å². The number of β-amino-alcohol motifs (C(OH)–C–C–N with tert-alkyl or cyclic N) is 1. The van der Waals surface area contributed by atoms with Crippen molar-refractivity contribution in [3.8, 4) is 23.0 Å². The van der Waals surface area contributed by atoms with Gasteiger partial charge in [0.2, 0.25) is 0 Å². The van der Waals surface area contributed by atoms with Crippen LogP contribution in [0.2, 0.25) is 10.0 Å². The van der Waals surface area contributed by atoms with E-state index >= 15 is 0 Å². The molecule has 0 bridgehead atoms. The van der Waals surface area contributed by atoms with Gasteiger partial charge in [-0.15, -0.1) is 0 Å². The summed E-state index contributed by atoms with van der Waals surface area (Å²) in [6.45, 7) is 2.23. The van der Waals surface area contributed by atoms with Crippen LogP contribution in [0.15, 0.2) is 54.6 Å². The summed E-state index contributed by atoms with van der Waals surface area (Å²) in [4.78, 5) is 23.5. The van der Waals surface area contributed by atoms with Crippen LogP contribution in [-0.4, -0.2) is 85.4 Å². The van der Waals surface area contributed by atoms with Crippen molar-refractivity contribution in [1.82, 2.24) is 4.90 Å². The molecule has 0 aliphatic carbocycles. The highest BCUT2D eigenvalue weighted by Gasteiger charge is 2.42. The number of carboxylic acid groups (broad SMARTS) is 1. The van der Waals surface area contributed by atoms with Crippen LogP contribution in [0.25, 0.3) is 0 Å². The minimum absolute atomic E-state index is 0.0222. The number of fused-ring (bicyclic) bond motifs is 1. The Hall–Kier alpha value is -3.91. The van der Waals surface area contributed by atoms with Gasteiger partial charge in [0.15, 0.2) is 0 Å². The largest absolute Gasteiger partial charge is 0.497 e. The van der Waals surface area contributed by atoms with E-state index in [0.717, 1.165) is 60.0 Å². The van der Waals surface area contributed by atoms with E-state index in [1.165, 1.54) is 13.2 Å². The summed E-state index contributed by atoms with van der Waals surface area (Å²) in [5, 5.41) is 18.9. The molecule has 3 aromatic carbocycles. The lowest BCUT2D eigenvalue weighted by Gasteiger charge is -2.39. The second-order valence-corrected chi connectivity index (χ2v) is 12.0. The number of esters is 1. The first-order valence-electron chi connectivity index (χ1n) is 14.7. The van der Waals surface area contributed by atoms with Gasteiger partial charge in [-0.05, 0) is 47.5 Å². The van der Waals surface area contributed by atoms with Crippen LogP contribution >= 0.6 is 23.2 Å². The van der Waals surface area contributed by atoms with Gasteiger partial charge in [-0.25, -0.2) is 9.59 Å². The molecule has 260 valence electrons. The second-order valence-electron chi connectivity index (χ2n) is 11.2. The molecule has 1 atom stereocenters. The molecule has 0 saturated carbocycles. The summed E-state index contributed by atoms with van der Waals surface area (Å²) < 4.78 is 60.0. The van der Waals surface area contributed by atoms with Crippen LogP contribution in [0.5, 0.6) is 23.0 Å². The predicted octanol–water partition coefficient (Wildman–Crippen LogP) is 6.21. The van der Waals surface area contributed by atoms with E-state index in [1.807, 2.05) is 42.5 Å². The van der Waals surface area contributed by atoms with E-state index in [0.29, 0.717) is 12.3 Å². The Labute approximate surface area is 284 Å². The third-order valence-corrected chi connectivity index (χ3v) is 8.29. The van der Waals surface area contributed by atoms with Crippen LogP contribution in [0.1, 0.15) is 34.3 Å². The molecule has 0 aromatic heterocycles. The van der Waals surface area contributed by atoms with Crippen LogP contribution in [0, 0.1) is 0 Å². The number of aliphatic carboxylic acids is 1. The van der Waals surface area contributed by atoms with Crippen molar-refractivity contribution in [3.63, 3.8) is 0 Å². The fraction of sp³-hybridized carbons (Fsp3) is 0.394. The number of piperidine rings is 1. The minimum Gasteiger partial charge on any atom is -0.497 e. The van der Waals surface area contributed by atoms with Gasteiger partial charge in [0.05, 0.1) is 19.2 Å². The zero-order valence-electron chi connectivity index (χ0n) is 26.0. The van der Waals surface area contributed by atoms with E-state index in [2.05, 4.69) is 4.90 Å². The first-order valence-corrected chi connectivity index (χ1v) is 15.5. The summed E-state index contributed by atoms with van der Waals surface area (Å²) in [6.07, 6.45) is -3.32. The Kier molecular flexibility index (Phi) is 12.3. The van der Waals surface area contributed by atoms with Gasteiger partial charge in [-0.2, -0.15) is 13.2 Å². The molecule has 2 heterocycles. The van der Waals surface area contributed by atoms with Crippen LogP contribution < -0.4 is 18.9 Å². The molecular formula is C33H34Cl2F3NO9. The molecule has 3 aromatic rings. The van der Waals surface area contributed by atoms with Crippen molar-refractivity contribution >= 4 is 35.1 Å². The topological polar surface area (TPSA) is 124 Å². The molecular weight excluding hydrogens is 682 g/mol. The molecule has 1 saturated heterocycles. The molecule has 0 amide bonds. The number of methoxy groups -OCH3 is 2. The first kappa shape index (κ1) is 36.9. The fourth-order valence-corrected chi connectivity index (χ4v) is 5.69. The summed E-state index contributed by atoms with van der Waals surface area (Å²) in [5.41, 5.74) is 2.00. The summed E-state index contributed by atoms with van der Waals surface area (Å²) in [6, 6.07) is 16.2. The number of likely N-dealkylation sites (tertiary alicyclic amines) is 1. The SMILES string of the molecule is COC(=O)c1cc(Cl)c(OCc2ccc(OC)cc2)cc1OC[C@@H](O)CN1CCC2(CC1)Cc1cc(Cl)ccc1O2.O=C(O)C(F)(F)F. The molecule has 2 aliphatic rings. The third-order valence-electron chi connectivity index (χ3n) is 7.76. The standard InChI is InChI=1S/C31H33Cl2NO7.C2HF3O2/c1-37-24-6-3-20(4-7-24)18-39-29-15-28(25(14-26(29)33)30(36)38-2)40-19-23(35)17-34-11-9-31(10-12-34)16-21-13-22(32)5-8-27(21)41-31;3-2(4,5)1(6)7/h3-8,13-15,23,35H,9-12,16-19H2,1-2H3;(H,6,7)/t23-;/m0./s1. The molecule has 0 unspecified atom stereocenters. The Morgan fingerprint density at radius 3 is 2.27 bits per heavy atom. The maximum absolute atomic E-state index is 12.4. The number of ether oxygens (including phenoxy) is 5. The Bertz CT molecular complexity index is 1580. The van der Waals surface area contributed by atoms with Crippen LogP contribution in [-0.2, 0) is 22.6 Å². The monoisotopic (exact) mass is 715 g/mol. The maximum Gasteiger partial charge on any atom is 0.490 e. The lowest BCUT2D eigenvalue weighted by molar-refractivity contribution is -0.192. The number of benzene rings is 3. The number of carbonyl (C=O) groups is 2. The third kappa shape index (κ3) is 9.82. The highest BCUT2D eigenvalue weighted by atomic mass is 35.5. The van der Waals surface area contributed by atoms with E-state index < -0.39 is 24.2 Å². The molecule has 15 heteroatoms.